The van der Waals surface area contributed by atoms with Crippen molar-refractivity contribution < 1.29 is 9.53 Å². The van der Waals surface area contributed by atoms with Crippen LogP contribution in [0.3, 0.4) is 0 Å². The third-order valence-corrected chi connectivity index (χ3v) is 3.46. The molecule has 2 aromatic carbocycles. The van der Waals surface area contributed by atoms with E-state index >= 15 is 0 Å². The van der Waals surface area contributed by atoms with Gasteiger partial charge in [-0.25, -0.2) is 4.79 Å². The van der Waals surface area contributed by atoms with Crippen LogP contribution in [0.1, 0.15) is 19.4 Å². The molecule has 3 rings (SSSR count). The second kappa shape index (κ2) is 8.68. The van der Waals surface area contributed by atoms with Crippen LogP contribution in [-0.2, 0) is 0 Å². The molecule has 0 aliphatic heterocycles. The summed E-state index contributed by atoms with van der Waals surface area (Å²) >= 11 is 0. The summed E-state index contributed by atoms with van der Waals surface area (Å²) in [5.41, 5.74) is 2.74. The molecule has 1 amide bonds. The van der Waals surface area contributed by atoms with Crippen molar-refractivity contribution in [2.45, 2.75) is 20.8 Å². The van der Waals surface area contributed by atoms with Gasteiger partial charge in [0.1, 0.15) is 11.5 Å². The van der Waals surface area contributed by atoms with E-state index in [-0.39, 0.29) is 6.03 Å². The van der Waals surface area contributed by atoms with E-state index in [1.54, 1.807) is 13.2 Å². The minimum atomic E-state index is -0.266. The number of benzene rings is 2. The number of hydrogen-bond acceptors (Lipinski definition) is 3. The first-order chi connectivity index (χ1) is 12.2. The molecule has 25 heavy (non-hydrogen) atoms. The Morgan fingerprint density at radius 2 is 1.76 bits per heavy atom. The summed E-state index contributed by atoms with van der Waals surface area (Å²) in [6.07, 6.45) is 1.64. The summed E-state index contributed by atoms with van der Waals surface area (Å²) in [5, 5.41) is 6.83. The molecule has 0 saturated heterocycles. The SMILES string of the molecule is CC.CNC(=O)n1ccc(-c2ccc(Oc3ccccc3)cc2C)n1. The number of carbonyl (C=O) groups is 1. The van der Waals surface area contributed by atoms with E-state index in [0.717, 1.165) is 28.3 Å². The van der Waals surface area contributed by atoms with Crippen LogP contribution < -0.4 is 10.1 Å². The van der Waals surface area contributed by atoms with Crippen molar-refractivity contribution in [3.05, 3.63) is 66.4 Å². The highest BCUT2D eigenvalue weighted by Gasteiger charge is 2.10. The highest BCUT2D eigenvalue weighted by molar-refractivity contribution is 5.76. The summed E-state index contributed by atoms with van der Waals surface area (Å²) in [6.45, 7) is 5.99. The number of hydrogen-bond donors (Lipinski definition) is 1. The Labute approximate surface area is 148 Å². The lowest BCUT2D eigenvalue weighted by atomic mass is 10.1. The van der Waals surface area contributed by atoms with Crippen molar-refractivity contribution in [1.29, 1.82) is 0 Å². The van der Waals surface area contributed by atoms with E-state index in [9.17, 15) is 4.79 Å². The zero-order valence-electron chi connectivity index (χ0n) is 15.0. The Morgan fingerprint density at radius 1 is 1.04 bits per heavy atom. The van der Waals surface area contributed by atoms with Crippen LogP contribution in [0.5, 0.6) is 11.5 Å². The summed E-state index contributed by atoms with van der Waals surface area (Å²) in [5.74, 6) is 1.56. The molecule has 0 aliphatic rings. The van der Waals surface area contributed by atoms with Crippen LogP contribution in [0.15, 0.2) is 60.8 Å². The number of aromatic nitrogens is 2. The lowest BCUT2D eigenvalue weighted by Gasteiger charge is -2.08. The van der Waals surface area contributed by atoms with Crippen LogP contribution in [0.2, 0.25) is 0 Å². The summed E-state index contributed by atoms with van der Waals surface area (Å²) in [6, 6.07) is 17.0. The molecule has 0 bridgehead atoms. The van der Waals surface area contributed by atoms with Crippen molar-refractivity contribution in [2.75, 3.05) is 7.05 Å². The Kier molecular flexibility index (Phi) is 6.34. The molecule has 3 aromatic rings. The number of nitrogens with zero attached hydrogens (tertiary/aromatic N) is 2. The van der Waals surface area contributed by atoms with Gasteiger partial charge in [-0.05, 0) is 48.9 Å². The van der Waals surface area contributed by atoms with Gasteiger partial charge in [-0.15, -0.1) is 0 Å². The molecule has 0 atom stereocenters. The van der Waals surface area contributed by atoms with E-state index in [0.29, 0.717) is 0 Å². The van der Waals surface area contributed by atoms with Gasteiger partial charge in [0.25, 0.3) is 0 Å². The van der Waals surface area contributed by atoms with E-state index < -0.39 is 0 Å². The molecule has 0 aliphatic carbocycles. The van der Waals surface area contributed by atoms with Gasteiger partial charge in [0.2, 0.25) is 0 Å². The summed E-state index contributed by atoms with van der Waals surface area (Å²) in [4.78, 5) is 11.6. The van der Waals surface area contributed by atoms with Crippen LogP contribution in [0, 0.1) is 6.92 Å². The molecule has 1 aromatic heterocycles. The monoisotopic (exact) mass is 337 g/mol. The maximum absolute atomic E-state index is 11.6. The fraction of sp³-hybridized carbons (Fsp3) is 0.200. The number of rotatable bonds is 3. The zero-order valence-corrected chi connectivity index (χ0v) is 15.0. The average molecular weight is 337 g/mol. The molecule has 1 N–H and O–H groups in total. The summed E-state index contributed by atoms with van der Waals surface area (Å²) in [7, 11) is 1.57. The van der Waals surface area contributed by atoms with Crippen LogP contribution >= 0.6 is 0 Å². The standard InChI is InChI=1S/C18H17N3O2.C2H6/c1-13-12-15(23-14-6-4-3-5-7-14)8-9-16(13)17-10-11-21(20-17)18(22)19-2;1-2/h3-12H,1-2H3,(H,19,22);1-2H3. The van der Waals surface area contributed by atoms with Gasteiger partial charge in [0.05, 0.1) is 5.69 Å². The predicted molar refractivity (Wildman–Crippen MR) is 100 cm³/mol. The third-order valence-electron chi connectivity index (χ3n) is 3.46. The first-order valence-electron chi connectivity index (χ1n) is 8.29. The molecule has 5 heteroatoms. The van der Waals surface area contributed by atoms with Crippen molar-refractivity contribution in [2.24, 2.45) is 0 Å². The molecule has 130 valence electrons. The fourth-order valence-electron chi connectivity index (χ4n) is 2.31. The lowest BCUT2D eigenvalue weighted by molar-refractivity contribution is 0.241. The summed E-state index contributed by atoms with van der Waals surface area (Å²) < 4.78 is 7.10. The molecule has 5 nitrogen and oxygen atoms in total. The van der Waals surface area contributed by atoms with Gasteiger partial charge in [0, 0.05) is 18.8 Å². The van der Waals surface area contributed by atoms with Crippen molar-refractivity contribution in [3.63, 3.8) is 0 Å². The van der Waals surface area contributed by atoms with Crippen LogP contribution in [0.4, 0.5) is 4.79 Å². The molecular weight excluding hydrogens is 314 g/mol. The van der Waals surface area contributed by atoms with Gasteiger partial charge in [0.15, 0.2) is 0 Å². The van der Waals surface area contributed by atoms with E-state index in [2.05, 4.69) is 10.4 Å². The van der Waals surface area contributed by atoms with Gasteiger partial charge < -0.3 is 10.1 Å². The molecule has 1 heterocycles. The highest BCUT2D eigenvalue weighted by Crippen LogP contribution is 2.28. The Balaban J connectivity index is 0.00000109. The largest absolute Gasteiger partial charge is 0.457 e. The first-order valence-corrected chi connectivity index (χ1v) is 8.29. The zero-order chi connectivity index (χ0) is 18.2. The molecular formula is C20H23N3O2. The van der Waals surface area contributed by atoms with E-state index in [4.69, 9.17) is 4.74 Å². The average Bonchev–Trinajstić information content (AvgIpc) is 3.13. The quantitative estimate of drug-likeness (QED) is 0.742. The number of aryl methyl sites for hydroxylation is 1. The highest BCUT2D eigenvalue weighted by atomic mass is 16.5. The van der Waals surface area contributed by atoms with Crippen LogP contribution in [0.25, 0.3) is 11.3 Å². The van der Waals surface area contributed by atoms with Crippen molar-refractivity contribution in [1.82, 2.24) is 15.1 Å². The Hall–Kier alpha value is -3.08. The molecule has 0 fully saturated rings. The second-order valence-electron chi connectivity index (χ2n) is 5.09. The molecule has 0 radical (unpaired) electrons. The maximum Gasteiger partial charge on any atom is 0.341 e. The Morgan fingerprint density at radius 3 is 2.40 bits per heavy atom. The number of carbonyl (C=O) groups excluding carboxylic acids is 1. The fourth-order valence-corrected chi connectivity index (χ4v) is 2.31. The third kappa shape index (κ3) is 4.47. The minimum absolute atomic E-state index is 0.266. The number of nitrogens with one attached hydrogen (secondary N) is 1. The second-order valence-corrected chi connectivity index (χ2v) is 5.09. The lowest BCUT2D eigenvalue weighted by Crippen LogP contribution is -2.24. The van der Waals surface area contributed by atoms with Gasteiger partial charge >= 0.3 is 6.03 Å². The van der Waals surface area contributed by atoms with Crippen molar-refractivity contribution >= 4 is 6.03 Å². The van der Waals surface area contributed by atoms with E-state index in [1.165, 1.54) is 4.68 Å². The minimum Gasteiger partial charge on any atom is -0.457 e. The maximum atomic E-state index is 11.6. The predicted octanol–water partition coefficient (Wildman–Crippen LogP) is 4.86. The Bertz CT molecular complexity index is 826. The topological polar surface area (TPSA) is 56.2 Å². The van der Waals surface area contributed by atoms with Gasteiger partial charge in [-0.2, -0.15) is 9.78 Å². The normalized spacial score (nSPS) is 9.76. The number of amides is 1. The number of ether oxygens (including phenoxy) is 1. The molecule has 0 saturated carbocycles. The molecule has 0 spiro atoms. The van der Waals surface area contributed by atoms with Gasteiger partial charge in [-0.1, -0.05) is 32.0 Å². The van der Waals surface area contributed by atoms with Crippen molar-refractivity contribution in [3.8, 4) is 22.8 Å². The first kappa shape index (κ1) is 18.3. The van der Waals surface area contributed by atoms with Crippen LogP contribution in [-0.4, -0.2) is 22.9 Å². The van der Waals surface area contributed by atoms with Gasteiger partial charge in [-0.3, -0.25) is 0 Å². The smallest absolute Gasteiger partial charge is 0.341 e. The van der Waals surface area contributed by atoms with E-state index in [1.807, 2.05) is 75.4 Å². The molecule has 0 unspecified atom stereocenters. The number of para-hydroxylation sites is 1.